The normalized spacial score (nSPS) is 17.3. The van der Waals surface area contributed by atoms with Crippen LogP contribution in [0.2, 0.25) is 0 Å². The number of hydrogen-bond donors (Lipinski definition) is 1. The van der Waals surface area contributed by atoms with Gasteiger partial charge in [-0.05, 0) is 79.5 Å². The first-order valence-electron chi connectivity index (χ1n) is 13.6. The van der Waals surface area contributed by atoms with Gasteiger partial charge in [-0.25, -0.2) is 14.3 Å². The van der Waals surface area contributed by atoms with Crippen LogP contribution >= 0.6 is 0 Å². The molecule has 0 saturated carbocycles. The molecule has 1 aliphatic rings. The van der Waals surface area contributed by atoms with Gasteiger partial charge in [-0.15, -0.1) is 0 Å². The predicted octanol–water partition coefficient (Wildman–Crippen LogP) is 5.85. The molecule has 1 atom stereocenters. The molecule has 0 radical (unpaired) electrons. The number of pyridine rings is 1. The van der Waals surface area contributed by atoms with E-state index in [0.717, 1.165) is 71.8 Å². The summed E-state index contributed by atoms with van der Waals surface area (Å²) in [5.41, 5.74) is 8.70. The molecule has 1 unspecified atom stereocenters. The zero-order valence-electron chi connectivity index (χ0n) is 22.6. The van der Waals surface area contributed by atoms with Gasteiger partial charge in [0, 0.05) is 24.8 Å². The van der Waals surface area contributed by atoms with E-state index in [1.165, 1.54) is 24.0 Å². The molecule has 4 aromatic rings. The molecule has 0 spiro atoms. The Morgan fingerprint density at radius 2 is 1.89 bits per heavy atom. The fourth-order valence-corrected chi connectivity index (χ4v) is 6.06. The summed E-state index contributed by atoms with van der Waals surface area (Å²) in [5, 5.41) is 4.40. The van der Waals surface area contributed by atoms with Gasteiger partial charge in [-0.2, -0.15) is 5.10 Å². The minimum atomic E-state index is 0.00544. The van der Waals surface area contributed by atoms with Crippen molar-refractivity contribution < 1.29 is 0 Å². The molecule has 1 N–H and O–H groups in total. The summed E-state index contributed by atoms with van der Waals surface area (Å²) >= 11 is 0. The summed E-state index contributed by atoms with van der Waals surface area (Å²) in [6.45, 7) is 16.5. The van der Waals surface area contributed by atoms with Gasteiger partial charge < -0.3 is 9.88 Å². The molecule has 192 valence electrons. The van der Waals surface area contributed by atoms with E-state index in [4.69, 9.17) is 0 Å². The third-order valence-electron chi connectivity index (χ3n) is 8.44. The highest BCUT2D eigenvalue weighted by Gasteiger charge is 2.26. The Bertz CT molecular complexity index is 1440. The first-order valence-corrected chi connectivity index (χ1v) is 13.6. The molecule has 0 amide bonds. The average Bonchev–Trinajstić information content (AvgIpc) is 3.47. The number of hydrogen-bond acceptors (Lipinski definition) is 4. The third kappa shape index (κ3) is 4.27. The summed E-state index contributed by atoms with van der Waals surface area (Å²) in [5.74, 6) is 1.04. The van der Waals surface area contributed by atoms with Crippen LogP contribution < -0.4 is 5.69 Å². The van der Waals surface area contributed by atoms with Crippen molar-refractivity contribution in [1.29, 1.82) is 0 Å². The lowest BCUT2D eigenvalue weighted by Gasteiger charge is -2.35. The number of imidazole rings is 1. The van der Waals surface area contributed by atoms with Crippen molar-refractivity contribution in [3.05, 3.63) is 51.8 Å². The second-order valence-corrected chi connectivity index (χ2v) is 11.0. The largest absolute Gasteiger partial charge is 0.326 e. The minimum Gasteiger partial charge on any atom is -0.306 e. The predicted molar refractivity (Wildman–Crippen MR) is 147 cm³/mol. The van der Waals surface area contributed by atoms with E-state index in [1.54, 1.807) is 6.33 Å². The number of piperidine rings is 1. The van der Waals surface area contributed by atoms with E-state index in [1.807, 2.05) is 9.08 Å². The molecule has 4 heterocycles. The van der Waals surface area contributed by atoms with Gasteiger partial charge in [-0.1, -0.05) is 40.5 Å². The van der Waals surface area contributed by atoms with E-state index >= 15 is 0 Å². The van der Waals surface area contributed by atoms with Crippen molar-refractivity contribution in [2.24, 2.45) is 5.92 Å². The fraction of sp³-hybridized carbons (Fsp3) is 0.552. The summed E-state index contributed by atoms with van der Waals surface area (Å²) in [6, 6.07) is 4.64. The van der Waals surface area contributed by atoms with Gasteiger partial charge in [0.05, 0.1) is 17.1 Å². The van der Waals surface area contributed by atoms with E-state index in [-0.39, 0.29) is 11.7 Å². The maximum Gasteiger partial charge on any atom is 0.326 e. The lowest BCUT2D eigenvalue weighted by Crippen LogP contribution is -2.41. The Kier molecular flexibility index (Phi) is 6.77. The molecule has 1 fully saturated rings. The maximum atomic E-state index is 13.3. The SMILES string of the molecule is CCC(CC)CN1CCCC(n2c(=O)[nH]c3cc(-c4cn5ncnc5c(C)c4C)c(C(C)C)cc32)C1. The van der Waals surface area contributed by atoms with Crippen LogP contribution in [0.15, 0.2) is 29.5 Å². The maximum absolute atomic E-state index is 13.3. The van der Waals surface area contributed by atoms with Crippen LogP contribution in [0.4, 0.5) is 0 Å². The molecule has 3 aromatic heterocycles. The van der Waals surface area contributed by atoms with Crippen LogP contribution in [0.5, 0.6) is 0 Å². The minimum absolute atomic E-state index is 0.00544. The number of aryl methyl sites for hydroxylation is 1. The molecule has 7 heteroatoms. The van der Waals surface area contributed by atoms with Crippen molar-refractivity contribution in [3.8, 4) is 11.1 Å². The Balaban J connectivity index is 1.60. The Labute approximate surface area is 213 Å². The van der Waals surface area contributed by atoms with Crippen molar-refractivity contribution in [1.82, 2.24) is 29.0 Å². The van der Waals surface area contributed by atoms with E-state index in [2.05, 4.69) is 79.8 Å². The van der Waals surface area contributed by atoms with E-state index in [9.17, 15) is 4.79 Å². The molecule has 36 heavy (non-hydrogen) atoms. The molecule has 1 aliphatic heterocycles. The molecule has 1 aromatic carbocycles. The van der Waals surface area contributed by atoms with Crippen LogP contribution in [0.3, 0.4) is 0 Å². The number of benzene rings is 1. The second-order valence-electron chi connectivity index (χ2n) is 11.0. The number of nitrogens with zero attached hydrogens (tertiary/aromatic N) is 5. The molecule has 1 saturated heterocycles. The number of aromatic nitrogens is 5. The monoisotopic (exact) mass is 488 g/mol. The number of fused-ring (bicyclic) bond motifs is 2. The van der Waals surface area contributed by atoms with Gasteiger partial charge in [-0.3, -0.25) is 4.57 Å². The van der Waals surface area contributed by atoms with Gasteiger partial charge in [0.25, 0.3) is 0 Å². The zero-order valence-corrected chi connectivity index (χ0v) is 22.6. The summed E-state index contributed by atoms with van der Waals surface area (Å²) in [4.78, 5) is 23.5. The molecular weight excluding hydrogens is 448 g/mol. The van der Waals surface area contributed by atoms with Gasteiger partial charge in [0.2, 0.25) is 0 Å². The molecule has 0 aliphatic carbocycles. The number of H-pyrrole nitrogens is 1. The van der Waals surface area contributed by atoms with Crippen molar-refractivity contribution >= 4 is 16.7 Å². The molecule has 7 nitrogen and oxygen atoms in total. The van der Waals surface area contributed by atoms with E-state index in [0.29, 0.717) is 5.92 Å². The first-order chi connectivity index (χ1) is 17.3. The quantitative estimate of drug-likeness (QED) is 0.354. The number of rotatable bonds is 7. The second kappa shape index (κ2) is 9.85. The molecular formula is C29H40N6O. The Morgan fingerprint density at radius 3 is 2.61 bits per heavy atom. The average molecular weight is 489 g/mol. The summed E-state index contributed by atoms with van der Waals surface area (Å²) < 4.78 is 3.90. The van der Waals surface area contributed by atoms with Gasteiger partial charge in [0.1, 0.15) is 6.33 Å². The van der Waals surface area contributed by atoms with Crippen LogP contribution in [-0.4, -0.2) is 48.7 Å². The van der Waals surface area contributed by atoms with Crippen molar-refractivity contribution in [2.45, 2.75) is 79.2 Å². The lowest BCUT2D eigenvalue weighted by molar-refractivity contribution is 0.151. The number of nitrogens with one attached hydrogen (secondary N) is 1. The third-order valence-corrected chi connectivity index (χ3v) is 8.44. The highest BCUT2D eigenvalue weighted by Crippen LogP contribution is 2.36. The Hall–Kier alpha value is -2.93. The number of likely N-dealkylation sites (tertiary alicyclic amines) is 1. The Morgan fingerprint density at radius 1 is 1.11 bits per heavy atom. The van der Waals surface area contributed by atoms with Crippen molar-refractivity contribution in [3.63, 3.8) is 0 Å². The summed E-state index contributed by atoms with van der Waals surface area (Å²) in [6.07, 6.45) is 8.28. The van der Waals surface area contributed by atoms with Gasteiger partial charge in [0.15, 0.2) is 5.65 Å². The molecule has 0 bridgehead atoms. The fourth-order valence-electron chi connectivity index (χ4n) is 6.06. The van der Waals surface area contributed by atoms with Crippen LogP contribution in [0.25, 0.3) is 27.8 Å². The molecule has 5 rings (SSSR count). The topological polar surface area (TPSA) is 71.2 Å². The van der Waals surface area contributed by atoms with E-state index < -0.39 is 0 Å². The zero-order chi connectivity index (χ0) is 25.6. The van der Waals surface area contributed by atoms with Crippen LogP contribution in [0.1, 0.15) is 82.0 Å². The highest BCUT2D eigenvalue weighted by atomic mass is 16.1. The summed E-state index contributed by atoms with van der Waals surface area (Å²) in [7, 11) is 0. The lowest BCUT2D eigenvalue weighted by atomic mass is 9.89. The van der Waals surface area contributed by atoms with Gasteiger partial charge >= 0.3 is 5.69 Å². The first kappa shape index (κ1) is 24.8. The smallest absolute Gasteiger partial charge is 0.306 e. The van der Waals surface area contributed by atoms with Crippen LogP contribution in [0, 0.1) is 19.8 Å². The highest BCUT2D eigenvalue weighted by molar-refractivity contribution is 5.86. The van der Waals surface area contributed by atoms with Crippen LogP contribution in [-0.2, 0) is 0 Å². The standard InChI is InChI=1S/C29H40N6O/c1-7-21(8-2)14-33-11-9-10-22(15-33)35-27-13-23(18(3)4)24(12-26(27)32-29(35)36)25-16-34-28(30-17-31-34)20(6)19(25)5/h12-13,16-18,21-22H,7-11,14-15H2,1-6H3,(H,32,36). The number of aromatic amines is 1. The van der Waals surface area contributed by atoms with Crippen molar-refractivity contribution in [2.75, 3.05) is 19.6 Å².